The Hall–Kier alpha value is -2.97. The fraction of sp³-hybridized carbons (Fsp3) is 0.480. The molecule has 3 rings (SSSR count). The summed E-state index contributed by atoms with van der Waals surface area (Å²) in [5.41, 5.74) is 1.94. The predicted octanol–water partition coefficient (Wildman–Crippen LogP) is 3.49. The molecule has 0 saturated carbocycles. The molecule has 180 valence electrons. The van der Waals surface area contributed by atoms with E-state index in [-0.39, 0.29) is 30.3 Å². The van der Waals surface area contributed by atoms with E-state index in [4.69, 9.17) is 14.2 Å². The highest BCUT2D eigenvalue weighted by Crippen LogP contribution is 2.34. The first-order chi connectivity index (χ1) is 15.7. The number of aliphatic hydroxyl groups is 1. The fourth-order valence-electron chi connectivity index (χ4n) is 3.97. The van der Waals surface area contributed by atoms with E-state index in [0.29, 0.717) is 17.4 Å². The van der Waals surface area contributed by atoms with Gasteiger partial charge in [0.05, 0.1) is 7.11 Å². The van der Waals surface area contributed by atoms with Gasteiger partial charge in [0.2, 0.25) is 6.29 Å². The molecule has 8 heteroatoms. The van der Waals surface area contributed by atoms with Gasteiger partial charge in [-0.25, -0.2) is 4.79 Å². The Bertz CT molecular complexity index is 959. The molecule has 1 heterocycles. The molecule has 5 atom stereocenters. The maximum absolute atomic E-state index is 11.3. The summed E-state index contributed by atoms with van der Waals surface area (Å²) in [6.07, 6.45) is -1.07. The van der Waals surface area contributed by atoms with Crippen LogP contribution in [0.2, 0.25) is 0 Å². The van der Waals surface area contributed by atoms with Crippen LogP contribution in [0.4, 0.5) is 0 Å². The third kappa shape index (κ3) is 6.30. The standard InChI is InChI=1S/C25H32O8/c1-14(10-16-4-6-18(26)20(28)12-16)15(2)11-17-5-8-21(31-3)23(13-17)33-25-19(27)7-9-22(32-25)24(29)30/h4-6,8,12-15,19,22,25-28H,7,9-11H2,1-3H3,(H,29,30)/t14-,15+,19+,22-,25-/m0/s1. The van der Waals surface area contributed by atoms with Gasteiger partial charge in [-0.05, 0) is 72.9 Å². The maximum atomic E-state index is 11.3. The number of hydrogen-bond acceptors (Lipinski definition) is 7. The molecule has 2 aromatic carbocycles. The summed E-state index contributed by atoms with van der Waals surface area (Å²) in [5.74, 6) is 0.0884. The summed E-state index contributed by atoms with van der Waals surface area (Å²) in [7, 11) is 1.51. The van der Waals surface area contributed by atoms with Crippen molar-refractivity contribution in [3.8, 4) is 23.0 Å². The number of aliphatic carboxylic acids is 1. The zero-order valence-corrected chi connectivity index (χ0v) is 19.1. The number of aliphatic hydroxyl groups excluding tert-OH is 1. The Kier molecular flexibility index (Phi) is 8.05. The molecular weight excluding hydrogens is 428 g/mol. The van der Waals surface area contributed by atoms with Crippen LogP contribution in [0.15, 0.2) is 36.4 Å². The average molecular weight is 461 g/mol. The van der Waals surface area contributed by atoms with Crippen LogP contribution < -0.4 is 9.47 Å². The van der Waals surface area contributed by atoms with Gasteiger partial charge in [-0.3, -0.25) is 0 Å². The van der Waals surface area contributed by atoms with E-state index in [2.05, 4.69) is 13.8 Å². The summed E-state index contributed by atoms with van der Waals surface area (Å²) in [6.45, 7) is 4.27. The third-order valence-electron chi connectivity index (χ3n) is 6.21. The smallest absolute Gasteiger partial charge is 0.332 e. The van der Waals surface area contributed by atoms with Crippen molar-refractivity contribution in [3.05, 3.63) is 47.5 Å². The lowest BCUT2D eigenvalue weighted by Crippen LogP contribution is -2.45. The number of methoxy groups -OCH3 is 1. The molecule has 2 aromatic rings. The molecule has 1 fully saturated rings. The number of carboxylic acid groups (broad SMARTS) is 1. The van der Waals surface area contributed by atoms with Gasteiger partial charge in [0.15, 0.2) is 29.1 Å². The molecule has 8 nitrogen and oxygen atoms in total. The van der Waals surface area contributed by atoms with Gasteiger partial charge in [-0.2, -0.15) is 0 Å². The van der Waals surface area contributed by atoms with E-state index in [1.54, 1.807) is 18.2 Å². The molecule has 0 spiro atoms. The number of phenols is 2. The Balaban J connectivity index is 1.69. The van der Waals surface area contributed by atoms with Crippen molar-refractivity contribution in [1.82, 2.24) is 0 Å². The molecule has 0 aliphatic carbocycles. The van der Waals surface area contributed by atoms with Crippen LogP contribution in [0, 0.1) is 11.8 Å². The fourth-order valence-corrected chi connectivity index (χ4v) is 3.97. The van der Waals surface area contributed by atoms with Crippen LogP contribution in [0.25, 0.3) is 0 Å². The van der Waals surface area contributed by atoms with Gasteiger partial charge >= 0.3 is 5.97 Å². The second-order valence-corrected chi connectivity index (χ2v) is 8.76. The second-order valence-electron chi connectivity index (χ2n) is 8.76. The van der Waals surface area contributed by atoms with Gasteiger partial charge in [0.1, 0.15) is 6.10 Å². The molecule has 4 N–H and O–H groups in total. The molecule has 0 aromatic heterocycles. The molecule has 0 amide bonds. The quantitative estimate of drug-likeness (QED) is 0.419. The summed E-state index contributed by atoms with van der Waals surface area (Å²) in [6, 6.07) is 10.4. The van der Waals surface area contributed by atoms with Crippen molar-refractivity contribution >= 4 is 5.97 Å². The molecule has 0 unspecified atom stereocenters. The lowest BCUT2D eigenvalue weighted by atomic mass is 9.85. The van der Waals surface area contributed by atoms with Crippen LogP contribution in [-0.4, -0.2) is 52.0 Å². The highest BCUT2D eigenvalue weighted by Gasteiger charge is 2.35. The predicted molar refractivity (Wildman–Crippen MR) is 121 cm³/mol. The molecule has 1 saturated heterocycles. The number of carbonyl (C=O) groups is 1. The van der Waals surface area contributed by atoms with E-state index in [0.717, 1.165) is 24.0 Å². The summed E-state index contributed by atoms with van der Waals surface area (Å²) < 4.78 is 16.7. The number of rotatable bonds is 9. The highest BCUT2D eigenvalue weighted by molar-refractivity contribution is 5.72. The topological polar surface area (TPSA) is 126 Å². The number of aromatic hydroxyl groups is 2. The average Bonchev–Trinajstić information content (AvgIpc) is 2.77. The van der Waals surface area contributed by atoms with Crippen molar-refractivity contribution in [2.75, 3.05) is 7.11 Å². The molecule has 0 bridgehead atoms. The van der Waals surface area contributed by atoms with Gasteiger partial charge in [0.25, 0.3) is 0 Å². The zero-order chi connectivity index (χ0) is 24.1. The Labute approximate surface area is 193 Å². The Morgan fingerprint density at radius 2 is 1.64 bits per heavy atom. The molecular formula is C25H32O8. The van der Waals surface area contributed by atoms with Gasteiger partial charge in [0, 0.05) is 0 Å². The van der Waals surface area contributed by atoms with Crippen molar-refractivity contribution < 1.29 is 39.4 Å². The van der Waals surface area contributed by atoms with Crippen molar-refractivity contribution in [3.63, 3.8) is 0 Å². The largest absolute Gasteiger partial charge is 0.504 e. The van der Waals surface area contributed by atoms with E-state index >= 15 is 0 Å². The van der Waals surface area contributed by atoms with Crippen molar-refractivity contribution in [1.29, 1.82) is 0 Å². The van der Waals surface area contributed by atoms with Gasteiger partial charge < -0.3 is 34.6 Å². The molecule has 33 heavy (non-hydrogen) atoms. The number of carboxylic acids is 1. The lowest BCUT2D eigenvalue weighted by molar-refractivity contribution is -0.211. The van der Waals surface area contributed by atoms with E-state index in [1.165, 1.54) is 13.2 Å². The lowest BCUT2D eigenvalue weighted by Gasteiger charge is -2.32. The van der Waals surface area contributed by atoms with Crippen molar-refractivity contribution in [2.24, 2.45) is 11.8 Å². The van der Waals surface area contributed by atoms with Gasteiger partial charge in [-0.1, -0.05) is 26.0 Å². The van der Waals surface area contributed by atoms with E-state index < -0.39 is 24.5 Å². The second kappa shape index (κ2) is 10.8. The number of phenolic OH excluding ortho intramolecular Hbond substituents is 2. The summed E-state index contributed by atoms with van der Waals surface area (Å²) >= 11 is 0. The minimum absolute atomic E-state index is 0.124. The molecule has 0 radical (unpaired) electrons. The monoisotopic (exact) mass is 460 g/mol. The minimum atomic E-state index is -1.09. The van der Waals surface area contributed by atoms with E-state index in [9.17, 15) is 25.2 Å². The van der Waals surface area contributed by atoms with Crippen LogP contribution in [-0.2, 0) is 22.4 Å². The highest BCUT2D eigenvalue weighted by atomic mass is 16.7. The SMILES string of the molecule is COc1ccc(C[C@@H](C)[C@@H](C)Cc2ccc(O)c(O)c2)cc1O[C@@H]1O[C@H](C(=O)O)CC[C@H]1O. The number of ether oxygens (including phenoxy) is 3. The van der Waals surface area contributed by atoms with Crippen LogP contribution in [0.1, 0.15) is 37.8 Å². The van der Waals surface area contributed by atoms with Crippen molar-refractivity contribution in [2.45, 2.75) is 58.0 Å². The third-order valence-corrected chi connectivity index (χ3v) is 6.21. The Morgan fingerprint density at radius 3 is 2.24 bits per heavy atom. The zero-order valence-electron chi connectivity index (χ0n) is 19.1. The number of hydrogen-bond donors (Lipinski definition) is 4. The maximum Gasteiger partial charge on any atom is 0.332 e. The normalized spacial score (nSPS) is 22.4. The first-order valence-electron chi connectivity index (χ1n) is 11.1. The minimum Gasteiger partial charge on any atom is -0.504 e. The summed E-state index contributed by atoms with van der Waals surface area (Å²) in [4.78, 5) is 11.3. The summed E-state index contributed by atoms with van der Waals surface area (Å²) in [5, 5.41) is 38.7. The van der Waals surface area contributed by atoms with Crippen LogP contribution in [0.5, 0.6) is 23.0 Å². The number of benzene rings is 2. The first-order valence-corrected chi connectivity index (χ1v) is 11.1. The first kappa shape index (κ1) is 24.7. The van der Waals surface area contributed by atoms with Crippen LogP contribution in [0.3, 0.4) is 0 Å². The molecule has 1 aliphatic heterocycles. The Morgan fingerprint density at radius 1 is 1.00 bits per heavy atom. The van der Waals surface area contributed by atoms with E-state index in [1.807, 2.05) is 12.1 Å². The van der Waals surface area contributed by atoms with Crippen LogP contribution >= 0.6 is 0 Å². The van der Waals surface area contributed by atoms with Gasteiger partial charge in [-0.15, -0.1) is 0 Å². The molecule has 1 aliphatic rings.